The third-order valence-corrected chi connectivity index (χ3v) is 2.97. The van der Waals surface area contributed by atoms with Crippen molar-refractivity contribution in [2.24, 2.45) is 0 Å². The first kappa shape index (κ1) is 12.9. The lowest BCUT2D eigenvalue weighted by Crippen LogP contribution is -2.28. The van der Waals surface area contributed by atoms with Crippen LogP contribution in [-0.2, 0) is 6.42 Å². The highest BCUT2D eigenvalue weighted by Gasteiger charge is 2.19. The Morgan fingerprint density at radius 1 is 1.22 bits per heavy atom. The summed E-state index contributed by atoms with van der Waals surface area (Å²) in [6.07, 6.45) is 4.41. The molecule has 1 aromatic heterocycles. The molecule has 18 heavy (non-hydrogen) atoms. The minimum atomic E-state index is 0. The van der Waals surface area contributed by atoms with Crippen LogP contribution in [0, 0.1) is 0 Å². The zero-order valence-electron chi connectivity index (χ0n) is 9.51. The average molecular weight is 283 g/mol. The quantitative estimate of drug-likeness (QED) is 0.920. The maximum absolute atomic E-state index is 5.97. The number of fused-ring (bicyclic) bond motifs is 1. The lowest BCUT2D eigenvalue weighted by atomic mass is 10.2. The van der Waals surface area contributed by atoms with E-state index >= 15 is 0 Å². The standard InChI is InChI=1S/C12H11ClN4.ClH/c13-10-2-3-11-9(8-10)4-7-17(11)16-12-14-5-1-6-15-12;/h1-3,5-6,8H,4,7H2,(H,14,15,16);1H. The van der Waals surface area contributed by atoms with E-state index in [-0.39, 0.29) is 12.4 Å². The fourth-order valence-corrected chi connectivity index (χ4v) is 2.16. The third kappa shape index (κ3) is 2.49. The molecule has 0 atom stereocenters. The largest absolute Gasteiger partial charge is 0.285 e. The molecule has 6 heteroatoms. The van der Waals surface area contributed by atoms with Crippen LogP contribution in [0.3, 0.4) is 0 Å². The van der Waals surface area contributed by atoms with Gasteiger partial charge >= 0.3 is 0 Å². The molecule has 1 aromatic carbocycles. The lowest BCUT2D eigenvalue weighted by molar-refractivity contribution is 0.917. The molecule has 1 aliphatic heterocycles. The van der Waals surface area contributed by atoms with Crippen LogP contribution in [0.5, 0.6) is 0 Å². The fourth-order valence-electron chi connectivity index (χ4n) is 1.96. The van der Waals surface area contributed by atoms with Crippen LogP contribution in [-0.4, -0.2) is 16.5 Å². The Labute approximate surface area is 116 Å². The maximum atomic E-state index is 5.97. The second kappa shape index (κ2) is 5.42. The summed E-state index contributed by atoms with van der Waals surface area (Å²) in [5, 5.41) is 2.82. The highest BCUT2D eigenvalue weighted by atomic mass is 35.5. The number of aromatic nitrogens is 2. The van der Waals surface area contributed by atoms with Crippen molar-refractivity contribution < 1.29 is 0 Å². The Kier molecular flexibility index (Phi) is 3.89. The molecule has 0 fully saturated rings. The normalized spacial score (nSPS) is 12.8. The molecule has 0 aliphatic carbocycles. The number of rotatable bonds is 2. The van der Waals surface area contributed by atoms with Crippen molar-refractivity contribution in [3.63, 3.8) is 0 Å². The first-order valence-electron chi connectivity index (χ1n) is 5.42. The van der Waals surface area contributed by atoms with E-state index in [1.165, 1.54) is 5.56 Å². The highest BCUT2D eigenvalue weighted by Crippen LogP contribution is 2.29. The number of nitrogens with zero attached hydrogens (tertiary/aromatic N) is 3. The van der Waals surface area contributed by atoms with E-state index in [1.54, 1.807) is 18.5 Å². The number of nitrogens with one attached hydrogen (secondary N) is 1. The molecule has 0 saturated heterocycles. The van der Waals surface area contributed by atoms with Gasteiger partial charge in [-0.25, -0.2) is 9.97 Å². The molecular formula is C12H12Cl2N4. The molecule has 0 bridgehead atoms. The second-order valence-corrected chi connectivity index (χ2v) is 4.30. The zero-order chi connectivity index (χ0) is 11.7. The van der Waals surface area contributed by atoms with Crippen LogP contribution in [0.1, 0.15) is 5.56 Å². The van der Waals surface area contributed by atoms with Gasteiger partial charge in [0, 0.05) is 24.0 Å². The molecule has 3 rings (SSSR count). The van der Waals surface area contributed by atoms with Gasteiger partial charge in [-0.2, -0.15) is 0 Å². The molecule has 4 nitrogen and oxygen atoms in total. The SMILES string of the molecule is Cl.Clc1ccc2c(c1)CCN2Nc1ncccn1. The monoisotopic (exact) mass is 282 g/mol. The third-order valence-electron chi connectivity index (χ3n) is 2.74. The van der Waals surface area contributed by atoms with Crippen LogP contribution in [0.25, 0.3) is 0 Å². The minimum Gasteiger partial charge on any atom is -0.285 e. The van der Waals surface area contributed by atoms with Crippen molar-refractivity contribution in [1.82, 2.24) is 9.97 Å². The smallest absolute Gasteiger partial charge is 0.241 e. The number of hydrogen-bond acceptors (Lipinski definition) is 4. The van der Waals surface area contributed by atoms with Crippen molar-refractivity contribution in [3.8, 4) is 0 Å². The van der Waals surface area contributed by atoms with Gasteiger partial charge < -0.3 is 0 Å². The van der Waals surface area contributed by atoms with Gasteiger partial charge in [0.15, 0.2) is 0 Å². The van der Waals surface area contributed by atoms with Gasteiger partial charge in [0.1, 0.15) is 0 Å². The number of benzene rings is 1. The summed E-state index contributed by atoms with van der Waals surface area (Å²) >= 11 is 5.97. The molecule has 0 spiro atoms. The van der Waals surface area contributed by atoms with Gasteiger partial charge in [-0.05, 0) is 36.2 Å². The Balaban J connectivity index is 0.00000120. The summed E-state index contributed by atoms with van der Waals surface area (Å²) in [4.78, 5) is 8.29. The van der Waals surface area contributed by atoms with E-state index in [0.29, 0.717) is 5.95 Å². The van der Waals surface area contributed by atoms with Crippen molar-refractivity contribution in [2.75, 3.05) is 17.0 Å². The van der Waals surface area contributed by atoms with Gasteiger partial charge in [0.25, 0.3) is 0 Å². The first-order valence-corrected chi connectivity index (χ1v) is 5.80. The Hall–Kier alpha value is -1.52. The van der Waals surface area contributed by atoms with E-state index in [2.05, 4.69) is 15.4 Å². The van der Waals surface area contributed by atoms with Crippen molar-refractivity contribution >= 4 is 35.6 Å². The predicted molar refractivity (Wildman–Crippen MR) is 75.4 cm³/mol. The lowest BCUT2D eigenvalue weighted by Gasteiger charge is -2.19. The summed E-state index contributed by atoms with van der Waals surface area (Å²) in [5.74, 6) is 0.607. The number of anilines is 2. The zero-order valence-corrected chi connectivity index (χ0v) is 11.1. The molecule has 1 N–H and O–H groups in total. The number of hydrogen-bond donors (Lipinski definition) is 1. The van der Waals surface area contributed by atoms with E-state index in [0.717, 1.165) is 23.7 Å². The molecule has 2 heterocycles. The van der Waals surface area contributed by atoms with Gasteiger partial charge in [-0.1, -0.05) is 11.6 Å². The Morgan fingerprint density at radius 2 is 2.00 bits per heavy atom. The van der Waals surface area contributed by atoms with Crippen LogP contribution in [0.2, 0.25) is 5.02 Å². The summed E-state index contributed by atoms with van der Waals surface area (Å²) in [5.41, 5.74) is 5.58. The molecular weight excluding hydrogens is 271 g/mol. The van der Waals surface area contributed by atoms with E-state index in [1.807, 2.05) is 23.2 Å². The minimum absolute atomic E-state index is 0. The molecule has 94 valence electrons. The summed E-state index contributed by atoms with van der Waals surface area (Å²) < 4.78 is 0. The van der Waals surface area contributed by atoms with E-state index in [9.17, 15) is 0 Å². The summed E-state index contributed by atoms with van der Waals surface area (Å²) in [6, 6.07) is 7.71. The maximum Gasteiger partial charge on any atom is 0.241 e. The Bertz CT molecular complexity index is 533. The molecule has 1 aliphatic rings. The first-order chi connectivity index (χ1) is 8.33. The van der Waals surface area contributed by atoms with Gasteiger partial charge in [0.2, 0.25) is 5.95 Å². The molecule has 2 aromatic rings. The van der Waals surface area contributed by atoms with Gasteiger partial charge in [-0.15, -0.1) is 12.4 Å². The highest BCUT2D eigenvalue weighted by molar-refractivity contribution is 6.30. The molecule has 0 amide bonds. The fraction of sp³-hybridized carbons (Fsp3) is 0.167. The molecule has 0 radical (unpaired) electrons. The number of halogens is 2. The van der Waals surface area contributed by atoms with Crippen molar-refractivity contribution in [3.05, 3.63) is 47.2 Å². The van der Waals surface area contributed by atoms with Crippen LogP contribution < -0.4 is 10.4 Å². The summed E-state index contributed by atoms with van der Waals surface area (Å²) in [6.45, 7) is 0.897. The van der Waals surface area contributed by atoms with Crippen LogP contribution in [0.4, 0.5) is 11.6 Å². The van der Waals surface area contributed by atoms with Crippen LogP contribution >= 0.6 is 24.0 Å². The van der Waals surface area contributed by atoms with Crippen molar-refractivity contribution in [2.45, 2.75) is 6.42 Å². The van der Waals surface area contributed by atoms with E-state index < -0.39 is 0 Å². The van der Waals surface area contributed by atoms with Gasteiger partial charge in [-0.3, -0.25) is 10.4 Å². The molecule has 0 unspecified atom stereocenters. The summed E-state index contributed by atoms with van der Waals surface area (Å²) in [7, 11) is 0. The van der Waals surface area contributed by atoms with Gasteiger partial charge in [0.05, 0.1) is 5.69 Å². The molecule has 0 saturated carbocycles. The second-order valence-electron chi connectivity index (χ2n) is 3.86. The average Bonchev–Trinajstić information content (AvgIpc) is 2.73. The number of hydrazine groups is 1. The Morgan fingerprint density at radius 3 is 2.78 bits per heavy atom. The predicted octanol–water partition coefficient (Wildman–Crippen LogP) is 2.94. The van der Waals surface area contributed by atoms with Crippen LogP contribution in [0.15, 0.2) is 36.7 Å². The van der Waals surface area contributed by atoms with E-state index in [4.69, 9.17) is 11.6 Å². The van der Waals surface area contributed by atoms with Crippen molar-refractivity contribution in [1.29, 1.82) is 0 Å². The topological polar surface area (TPSA) is 41.0 Å².